The summed E-state index contributed by atoms with van der Waals surface area (Å²) in [5.74, 6) is 1.01. The summed E-state index contributed by atoms with van der Waals surface area (Å²) in [6.45, 7) is 8.00. The Kier molecular flexibility index (Phi) is 8.50. The first-order valence-corrected chi connectivity index (χ1v) is 11.3. The van der Waals surface area contributed by atoms with Crippen molar-refractivity contribution in [3.63, 3.8) is 0 Å². The van der Waals surface area contributed by atoms with E-state index in [1.165, 1.54) is 5.56 Å². The number of carbonyl (C=O) groups excluding carboxylic acids is 2. The molecule has 0 saturated carbocycles. The summed E-state index contributed by atoms with van der Waals surface area (Å²) in [6, 6.07) is 15.7. The molecule has 1 unspecified atom stereocenters. The lowest BCUT2D eigenvalue weighted by atomic mass is 10.1. The van der Waals surface area contributed by atoms with Crippen molar-refractivity contribution in [2.45, 2.75) is 32.7 Å². The van der Waals surface area contributed by atoms with Gasteiger partial charge in [0.15, 0.2) is 0 Å². The number of hydrogen-bond acceptors (Lipinski definition) is 4. The summed E-state index contributed by atoms with van der Waals surface area (Å²) in [5, 5.41) is 5.57. The Bertz CT molecular complexity index is 892. The summed E-state index contributed by atoms with van der Waals surface area (Å²) in [7, 11) is 1.68. The molecule has 1 heterocycles. The molecule has 3 amide bonds. The van der Waals surface area contributed by atoms with Crippen molar-refractivity contribution in [2.75, 3.05) is 45.2 Å². The maximum Gasteiger partial charge on any atom is 0.319 e. The van der Waals surface area contributed by atoms with E-state index in [1.807, 2.05) is 48.2 Å². The van der Waals surface area contributed by atoms with Crippen LogP contribution in [0, 0.1) is 0 Å². The molecule has 32 heavy (non-hydrogen) atoms. The monoisotopic (exact) mass is 438 g/mol. The Hall–Kier alpha value is -3.06. The number of amides is 3. The fraction of sp³-hybridized carbons (Fsp3) is 0.440. The normalized spacial score (nSPS) is 15.2. The molecule has 0 bridgehead atoms. The Balaban J connectivity index is 1.47. The molecule has 1 atom stereocenters. The fourth-order valence-electron chi connectivity index (χ4n) is 3.88. The molecule has 2 aromatic rings. The van der Waals surface area contributed by atoms with E-state index in [0.29, 0.717) is 13.0 Å². The zero-order valence-corrected chi connectivity index (χ0v) is 19.3. The smallest absolute Gasteiger partial charge is 0.319 e. The maximum atomic E-state index is 12.8. The van der Waals surface area contributed by atoms with E-state index in [0.717, 1.165) is 49.6 Å². The van der Waals surface area contributed by atoms with Gasteiger partial charge in [-0.15, -0.1) is 0 Å². The van der Waals surface area contributed by atoms with Crippen LogP contribution in [0.3, 0.4) is 0 Å². The summed E-state index contributed by atoms with van der Waals surface area (Å²) < 4.78 is 5.34. The summed E-state index contributed by atoms with van der Waals surface area (Å²) >= 11 is 0. The second kappa shape index (κ2) is 11.5. The topological polar surface area (TPSA) is 73.9 Å². The van der Waals surface area contributed by atoms with Crippen LogP contribution in [0.25, 0.3) is 0 Å². The Morgan fingerprint density at radius 2 is 1.78 bits per heavy atom. The van der Waals surface area contributed by atoms with Crippen molar-refractivity contribution in [1.29, 1.82) is 0 Å². The van der Waals surface area contributed by atoms with Gasteiger partial charge in [0, 0.05) is 44.5 Å². The molecular weight excluding hydrogens is 404 g/mol. The van der Waals surface area contributed by atoms with Gasteiger partial charge in [0.05, 0.1) is 13.5 Å². The molecule has 1 aliphatic rings. The van der Waals surface area contributed by atoms with Gasteiger partial charge in [0.1, 0.15) is 5.75 Å². The first kappa shape index (κ1) is 23.6. The second-order valence-corrected chi connectivity index (χ2v) is 8.12. The quantitative estimate of drug-likeness (QED) is 0.660. The number of nitrogens with one attached hydrogen (secondary N) is 2. The summed E-state index contributed by atoms with van der Waals surface area (Å²) in [5.41, 5.74) is 2.89. The van der Waals surface area contributed by atoms with E-state index in [9.17, 15) is 9.59 Å². The maximum absolute atomic E-state index is 12.8. The van der Waals surface area contributed by atoms with Crippen LogP contribution in [0.4, 0.5) is 10.5 Å². The summed E-state index contributed by atoms with van der Waals surface area (Å²) in [6.07, 6.45) is 1.26. The molecule has 3 rings (SSSR count). The predicted molar refractivity (Wildman–Crippen MR) is 127 cm³/mol. The van der Waals surface area contributed by atoms with E-state index in [1.54, 1.807) is 7.11 Å². The van der Waals surface area contributed by atoms with Gasteiger partial charge in [-0.3, -0.25) is 9.69 Å². The van der Waals surface area contributed by atoms with Crippen molar-refractivity contribution in [1.82, 2.24) is 15.1 Å². The highest BCUT2D eigenvalue weighted by Gasteiger charge is 2.25. The molecule has 0 radical (unpaired) electrons. The lowest BCUT2D eigenvalue weighted by Crippen LogP contribution is -2.49. The first-order chi connectivity index (χ1) is 15.5. The van der Waals surface area contributed by atoms with Gasteiger partial charge in [0.25, 0.3) is 0 Å². The van der Waals surface area contributed by atoms with Crippen molar-refractivity contribution in [2.24, 2.45) is 0 Å². The van der Waals surface area contributed by atoms with Gasteiger partial charge in [-0.05, 0) is 48.7 Å². The first-order valence-electron chi connectivity index (χ1n) is 11.3. The molecule has 0 aromatic heterocycles. The number of ether oxygens (including phenoxy) is 1. The van der Waals surface area contributed by atoms with E-state index >= 15 is 0 Å². The van der Waals surface area contributed by atoms with Crippen LogP contribution < -0.4 is 15.4 Å². The molecule has 7 heteroatoms. The third-order valence-electron chi connectivity index (χ3n) is 5.89. The van der Waals surface area contributed by atoms with Gasteiger partial charge >= 0.3 is 6.03 Å². The molecule has 2 N–H and O–H groups in total. The molecular formula is C25H34N4O3. The number of piperazine rings is 1. The highest BCUT2D eigenvalue weighted by Crippen LogP contribution is 2.25. The van der Waals surface area contributed by atoms with Crippen molar-refractivity contribution >= 4 is 17.6 Å². The molecule has 0 aliphatic carbocycles. The number of nitrogens with zero attached hydrogens (tertiary/aromatic N) is 2. The third kappa shape index (κ3) is 6.47. The molecule has 1 aliphatic heterocycles. The van der Waals surface area contributed by atoms with E-state index in [2.05, 4.69) is 34.6 Å². The fourth-order valence-corrected chi connectivity index (χ4v) is 3.88. The third-order valence-corrected chi connectivity index (χ3v) is 5.89. The van der Waals surface area contributed by atoms with Crippen LogP contribution in [-0.4, -0.2) is 61.6 Å². The average molecular weight is 439 g/mol. The van der Waals surface area contributed by atoms with Crippen LogP contribution in [0.5, 0.6) is 5.75 Å². The Morgan fingerprint density at radius 3 is 2.44 bits per heavy atom. The van der Waals surface area contributed by atoms with E-state index in [-0.39, 0.29) is 18.0 Å². The number of rotatable bonds is 8. The van der Waals surface area contributed by atoms with Crippen LogP contribution in [-0.2, 0) is 11.2 Å². The average Bonchev–Trinajstić information content (AvgIpc) is 2.83. The molecule has 2 aromatic carbocycles. The van der Waals surface area contributed by atoms with Crippen LogP contribution >= 0.6 is 0 Å². The Labute approximate surface area is 190 Å². The number of carbonyl (C=O) groups is 2. The largest absolute Gasteiger partial charge is 0.497 e. The van der Waals surface area contributed by atoms with Gasteiger partial charge in [-0.2, -0.15) is 0 Å². The van der Waals surface area contributed by atoms with Crippen LogP contribution in [0.1, 0.15) is 37.4 Å². The second-order valence-electron chi connectivity index (χ2n) is 8.12. The minimum Gasteiger partial charge on any atom is -0.497 e. The van der Waals surface area contributed by atoms with Crippen LogP contribution in [0.2, 0.25) is 0 Å². The SMILES string of the molecule is CCCNC(=O)Nc1ccc(CC(=O)N2CCN(C(C)c3cccc(OC)c3)CC2)cc1. The number of benzene rings is 2. The van der Waals surface area contributed by atoms with Crippen LogP contribution in [0.15, 0.2) is 48.5 Å². The van der Waals surface area contributed by atoms with Gasteiger partial charge in [-0.25, -0.2) is 4.79 Å². The van der Waals surface area contributed by atoms with Gasteiger partial charge in [-0.1, -0.05) is 31.2 Å². The summed E-state index contributed by atoms with van der Waals surface area (Å²) in [4.78, 5) is 28.9. The highest BCUT2D eigenvalue weighted by molar-refractivity contribution is 5.89. The van der Waals surface area contributed by atoms with E-state index in [4.69, 9.17) is 4.74 Å². The van der Waals surface area contributed by atoms with Crippen molar-refractivity contribution in [3.05, 3.63) is 59.7 Å². The molecule has 7 nitrogen and oxygen atoms in total. The lowest BCUT2D eigenvalue weighted by molar-refractivity contribution is -0.132. The predicted octanol–water partition coefficient (Wildman–Crippen LogP) is 3.67. The molecule has 0 spiro atoms. The standard InChI is InChI=1S/C25H34N4O3/c1-4-12-26-25(31)27-22-10-8-20(9-11-22)17-24(30)29-15-13-28(14-16-29)19(2)21-6-5-7-23(18-21)32-3/h5-11,18-19H,4,12-17H2,1-3H3,(H2,26,27,31). The van der Waals surface area contributed by atoms with E-state index < -0.39 is 0 Å². The lowest BCUT2D eigenvalue weighted by Gasteiger charge is -2.38. The molecule has 172 valence electrons. The van der Waals surface area contributed by atoms with Gasteiger partial charge in [0.2, 0.25) is 5.91 Å². The Morgan fingerprint density at radius 1 is 1.06 bits per heavy atom. The van der Waals surface area contributed by atoms with Gasteiger partial charge < -0.3 is 20.3 Å². The molecule has 1 saturated heterocycles. The van der Waals surface area contributed by atoms with Crippen molar-refractivity contribution in [3.8, 4) is 5.75 Å². The zero-order valence-electron chi connectivity index (χ0n) is 19.3. The number of methoxy groups -OCH3 is 1. The number of hydrogen-bond donors (Lipinski definition) is 2. The highest BCUT2D eigenvalue weighted by atomic mass is 16.5. The minimum absolute atomic E-state index is 0.139. The molecule has 1 fully saturated rings. The number of anilines is 1. The number of urea groups is 1. The minimum atomic E-state index is -0.211. The van der Waals surface area contributed by atoms with Crippen molar-refractivity contribution < 1.29 is 14.3 Å². The zero-order chi connectivity index (χ0) is 22.9.